The molecule has 6 nitrogen and oxygen atoms in total. The molecule has 3 aromatic heterocycles. The van der Waals surface area contributed by atoms with E-state index in [2.05, 4.69) is 335 Å². The molecular weight excluding hydrogens is 1210 g/mol. The van der Waals surface area contributed by atoms with Crippen molar-refractivity contribution in [3.8, 4) is 84.6 Å². The van der Waals surface area contributed by atoms with Gasteiger partial charge in [0.25, 0.3) is 0 Å². The first kappa shape index (κ1) is 68.4. The Morgan fingerprint density at radius 2 is 0.490 bits per heavy atom. The molecular formula is C94H98N6. The summed E-state index contributed by atoms with van der Waals surface area (Å²) >= 11 is 0. The minimum atomic E-state index is 0.319. The van der Waals surface area contributed by atoms with Crippen molar-refractivity contribution in [3.05, 3.63) is 322 Å². The molecule has 13 rings (SSSR count). The van der Waals surface area contributed by atoms with Crippen LogP contribution in [0.5, 0.6) is 0 Å². The van der Waals surface area contributed by atoms with Crippen LogP contribution in [0.15, 0.2) is 250 Å². The van der Waals surface area contributed by atoms with Gasteiger partial charge in [-0.15, -0.1) is 0 Å². The molecule has 100 heavy (non-hydrogen) atoms. The SMILES string of the molecule is Cc1c(CCc2ccc(-c3nccn3-c3c(C(C)C)cc(-c4ccccc4)cc3C(C)C)cc2)cc(CCc2ccc(-c3nccn3-c3c(C(C)C)cc(-c4ccccc4)cc3C(C)C)cc2)cc1CCc1ccc(-c2nccn2-c2c(C(C)C)cc(-c3ccccc3)cc2C(C)C)cc1. The van der Waals surface area contributed by atoms with Gasteiger partial charge in [0.2, 0.25) is 0 Å². The first-order chi connectivity index (χ1) is 48.5. The van der Waals surface area contributed by atoms with Gasteiger partial charge in [-0.25, -0.2) is 15.0 Å². The number of rotatable bonds is 24. The van der Waals surface area contributed by atoms with Crippen LogP contribution >= 0.6 is 0 Å². The van der Waals surface area contributed by atoms with Crippen LogP contribution in [0.4, 0.5) is 0 Å². The molecule has 0 spiro atoms. The first-order valence-electron chi connectivity index (χ1n) is 36.7. The smallest absolute Gasteiger partial charge is 0.144 e. The quantitative estimate of drug-likeness (QED) is 0.0606. The van der Waals surface area contributed by atoms with Crippen LogP contribution < -0.4 is 0 Å². The first-order valence-corrected chi connectivity index (χ1v) is 36.7. The fourth-order valence-corrected chi connectivity index (χ4v) is 14.9. The van der Waals surface area contributed by atoms with Gasteiger partial charge in [0.1, 0.15) is 17.5 Å². The molecule has 0 bridgehead atoms. The Labute approximate surface area is 595 Å². The van der Waals surface area contributed by atoms with E-state index in [-0.39, 0.29) is 0 Å². The summed E-state index contributed by atoms with van der Waals surface area (Å²) in [7, 11) is 0. The zero-order valence-corrected chi connectivity index (χ0v) is 61.1. The molecule has 6 heteroatoms. The monoisotopic (exact) mass is 1310 g/mol. The lowest BCUT2D eigenvalue weighted by Gasteiger charge is -2.24. The molecule has 10 aromatic carbocycles. The highest BCUT2D eigenvalue weighted by Gasteiger charge is 2.25. The Balaban J connectivity index is 0.774. The number of aromatic nitrogens is 6. The van der Waals surface area contributed by atoms with E-state index in [4.69, 9.17) is 15.0 Å². The van der Waals surface area contributed by atoms with Gasteiger partial charge in [-0.3, -0.25) is 13.7 Å². The van der Waals surface area contributed by atoms with Gasteiger partial charge >= 0.3 is 0 Å². The number of imidazole rings is 3. The molecule has 0 radical (unpaired) electrons. The summed E-state index contributed by atoms with van der Waals surface area (Å²) < 4.78 is 7.02. The molecule has 0 fully saturated rings. The van der Waals surface area contributed by atoms with E-state index in [1.807, 2.05) is 18.6 Å². The lowest BCUT2D eigenvalue weighted by molar-refractivity contribution is 0.807. The predicted molar refractivity (Wildman–Crippen MR) is 421 cm³/mol. The number of aryl methyl sites for hydroxylation is 6. The van der Waals surface area contributed by atoms with Crippen molar-refractivity contribution >= 4 is 0 Å². The molecule has 0 amide bonds. The summed E-state index contributed by atoms with van der Waals surface area (Å²) in [6.45, 7) is 30.1. The Kier molecular flexibility index (Phi) is 20.6. The van der Waals surface area contributed by atoms with Crippen molar-refractivity contribution in [1.82, 2.24) is 28.7 Å². The van der Waals surface area contributed by atoms with Gasteiger partial charge in [-0.2, -0.15) is 0 Å². The zero-order valence-electron chi connectivity index (χ0n) is 61.1. The highest BCUT2D eigenvalue weighted by Crippen LogP contribution is 2.42. The average Bonchev–Trinajstić information content (AvgIpc) is 1.31. The minimum absolute atomic E-state index is 0.319. The summed E-state index contributed by atoms with van der Waals surface area (Å²) in [4.78, 5) is 15.1. The van der Waals surface area contributed by atoms with Crippen LogP contribution in [0.3, 0.4) is 0 Å². The van der Waals surface area contributed by atoms with Crippen LogP contribution in [0.1, 0.15) is 191 Å². The molecule has 0 atom stereocenters. The molecule has 0 saturated carbocycles. The highest BCUT2D eigenvalue weighted by atomic mass is 15.1. The predicted octanol–water partition coefficient (Wildman–Crippen LogP) is 24.7. The summed E-state index contributed by atoms with van der Waals surface area (Å²) in [5.74, 6) is 4.81. The normalized spacial score (nSPS) is 11.8. The fraction of sp³-hybridized carbons (Fsp3) is 0.266. The lowest BCUT2D eigenvalue weighted by atomic mass is 9.88. The van der Waals surface area contributed by atoms with E-state index in [1.165, 1.54) is 123 Å². The number of hydrogen-bond donors (Lipinski definition) is 0. The molecule has 0 aliphatic rings. The summed E-state index contributed by atoms with van der Waals surface area (Å²) in [5, 5.41) is 0. The van der Waals surface area contributed by atoms with Crippen molar-refractivity contribution in [2.24, 2.45) is 0 Å². The van der Waals surface area contributed by atoms with Crippen LogP contribution in [0.2, 0.25) is 0 Å². The van der Waals surface area contributed by atoms with E-state index in [0.717, 1.165) is 72.7 Å². The molecule has 504 valence electrons. The van der Waals surface area contributed by atoms with Gasteiger partial charge in [0, 0.05) is 53.9 Å². The van der Waals surface area contributed by atoms with Crippen molar-refractivity contribution in [2.75, 3.05) is 0 Å². The third-order valence-corrected chi connectivity index (χ3v) is 20.6. The minimum Gasteiger partial charge on any atom is -0.299 e. The van der Waals surface area contributed by atoms with Crippen LogP contribution in [0.25, 0.3) is 84.6 Å². The van der Waals surface area contributed by atoms with Crippen LogP contribution in [-0.4, -0.2) is 28.7 Å². The third kappa shape index (κ3) is 14.6. The second kappa shape index (κ2) is 30.1. The largest absolute Gasteiger partial charge is 0.299 e. The second-order valence-corrected chi connectivity index (χ2v) is 29.5. The van der Waals surface area contributed by atoms with Gasteiger partial charge < -0.3 is 0 Å². The molecule has 0 aliphatic carbocycles. The topological polar surface area (TPSA) is 53.5 Å². The van der Waals surface area contributed by atoms with Crippen molar-refractivity contribution < 1.29 is 0 Å². The maximum Gasteiger partial charge on any atom is 0.144 e. The summed E-state index contributed by atoms with van der Waals surface area (Å²) in [5.41, 5.74) is 32.2. The molecule has 0 unspecified atom stereocenters. The molecule has 0 N–H and O–H groups in total. The van der Waals surface area contributed by atoms with Crippen molar-refractivity contribution in [3.63, 3.8) is 0 Å². The number of nitrogens with zero attached hydrogens (tertiary/aromatic N) is 6. The second-order valence-electron chi connectivity index (χ2n) is 29.5. The Bertz CT molecular complexity index is 4620. The lowest BCUT2D eigenvalue weighted by Crippen LogP contribution is -2.09. The summed E-state index contributed by atoms with van der Waals surface area (Å²) in [6, 6.07) is 79.5. The van der Waals surface area contributed by atoms with Gasteiger partial charge in [-0.05, 0) is 223 Å². The van der Waals surface area contributed by atoms with Gasteiger partial charge in [0.15, 0.2) is 0 Å². The Hall–Kier alpha value is -10.2. The fourth-order valence-electron chi connectivity index (χ4n) is 14.9. The zero-order chi connectivity index (χ0) is 69.7. The highest BCUT2D eigenvalue weighted by molar-refractivity contribution is 5.75. The van der Waals surface area contributed by atoms with E-state index < -0.39 is 0 Å². The van der Waals surface area contributed by atoms with Gasteiger partial charge in [0.05, 0.1) is 17.1 Å². The standard InChI is InChI=1S/C94H98N6/c1-61(2)83-55-80(72-23-17-14-18-24-72)56-84(62(3)4)89(83)98-50-47-95-92(98)75-39-31-68(32-40-75)29-30-71-53-78(45-37-69-33-41-76(42-34-69)93-96-48-51-99(93)90-85(63(5)6)57-81(58-86(90)64(7)8)73-25-19-15-20-26-73)67(13)79(54-71)46-38-70-35-43-77(44-36-70)94-97-49-52-100(94)91-87(65(9)10)59-82(60-88(91)66(11)12)74-27-21-16-22-28-74/h14-28,31-36,39-44,47-66H,29-30,37-38,45-46H2,1-13H3. The van der Waals surface area contributed by atoms with Crippen molar-refractivity contribution in [2.45, 2.75) is 164 Å². The van der Waals surface area contributed by atoms with Crippen LogP contribution in [0, 0.1) is 6.92 Å². The van der Waals surface area contributed by atoms with Crippen molar-refractivity contribution in [1.29, 1.82) is 0 Å². The van der Waals surface area contributed by atoms with Crippen LogP contribution in [-0.2, 0) is 38.5 Å². The maximum absolute atomic E-state index is 5.05. The maximum atomic E-state index is 5.05. The van der Waals surface area contributed by atoms with E-state index in [0.29, 0.717) is 35.5 Å². The molecule has 0 aliphatic heterocycles. The average molecular weight is 1310 g/mol. The van der Waals surface area contributed by atoms with E-state index >= 15 is 0 Å². The Morgan fingerprint density at radius 3 is 0.740 bits per heavy atom. The van der Waals surface area contributed by atoms with E-state index in [9.17, 15) is 0 Å². The third-order valence-electron chi connectivity index (χ3n) is 20.6. The Morgan fingerprint density at radius 1 is 0.250 bits per heavy atom. The number of hydrogen-bond acceptors (Lipinski definition) is 3. The summed E-state index contributed by atoms with van der Waals surface area (Å²) in [6.07, 6.45) is 18.0. The van der Waals surface area contributed by atoms with E-state index in [1.54, 1.807) is 0 Å². The molecule has 3 heterocycles. The number of benzene rings is 10. The van der Waals surface area contributed by atoms with Gasteiger partial charge in [-0.1, -0.05) is 259 Å². The molecule has 13 aromatic rings. The molecule has 0 saturated heterocycles.